The molecule has 3 saturated carbocycles. The van der Waals surface area contributed by atoms with Crippen LogP contribution in [0.15, 0.2) is 40.8 Å². The Hall–Kier alpha value is -0.730. The van der Waals surface area contributed by atoms with E-state index in [4.69, 9.17) is 0 Å². The molecule has 1 N–H and O–H groups in total. The quantitative estimate of drug-likeness (QED) is 0.419. The van der Waals surface area contributed by atoms with E-state index in [0.29, 0.717) is 10.8 Å². The first-order valence-corrected chi connectivity index (χ1v) is 13.1. The molecule has 1 aromatic carbocycles. The van der Waals surface area contributed by atoms with Gasteiger partial charge in [-0.05, 0) is 111 Å². The Morgan fingerprint density at radius 1 is 1.03 bits per heavy atom. The Bertz CT molecular complexity index is 767. The highest BCUT2D eigenvalue weighted by Gasteiger charge is 2.56. The van der Waals surface area contributed by atoms with Gasteiger partial charge >= 0.3 is 0 Å². The summed E-state index contributed by atoms with van der Waals surface area (Å²) in [6, 6.07) is 9.09. The lowest BCUT2D eigenvalue weighted by Crippen LogP contribution is -2.50. The van der Waals surface area contributed by atoms with Gasteiger partial charge in [-0.3, -0.25) is 0 Å². The minimum atomic E-state index is -0.0844. The van der Waals surface area contributed by atoms with Gasteiger partial charge in [0.05, 0.1) is 6.10 Å². The lowest BCUT2D eigenvalue weighted by atomic mass is 9.47. The third kappa shape index (κ3) is 3.53. The number of aliphatic hydroxyl groups is 1. The molecule has 0 spiro atoms. The highest BCUT2D eigenvalue weighted by molar-refractivity contribution is 7.99. The minimum absolute atomic E-state index is 0.0844. The molecule has 158 valence electrons. The van der Waals surface area contributed by atoms with Crippen molar-refractivity contribution in [2.75, 3.05) is 5.75 Å². The molecule has 4 aliphatic carbocycles. The van der Waals surface area contributed by atoms with E-state index in [2.05, 4.69) is 56.0 Å². The van der Waals surface area contributed by atoms with Crippen LogP contribution in [-0.4, -0.2) is 17.0 Å². The standard InChI is InChI=1S/C27H38OS/c1-19-5-8-22(9-6-19)29-17-16-27-13-3-4-25(27)23-10-7-20-18-21(28)11-14-26(20,2)24(23)12-15-27/h5-9,21,23-25,28H,3-4,10-18H2,1-2H3/t21-,23+,24-,25-,26-,27-/m0/s1. The molecule has 4 aliphatic rings. The zero-order chi connectivity index (χ0) is 20.1. The van der Waals surface area contributed by atoms with Gasteiger partial charge in [0.15, 0.2) is 0 Å². The molecule has 0 aliphatic heterocycles. The lowest BCUT2D eigenvalue weighted by Gasteiger charge is -2.58. The molecule has 0 aromatic heterocycles. The summed E-state index contributed by atoms with van der Waals surface area (Å²) in [5.74, 6) is 4.00. The predicted molar refractivity (Wildman–Crippen MR) is 123 cm³/mol. The fourth-order valence-electron chi connectivity index (χ4n) is 7.88. The van der Waals surface area contributed by atoms with Crippen LogP contribution in [0, 0.1) is 35.5 Å². The molecular formula is C27H38OS. The lowest BCUT2D eigenvalue weighted by molar-refractivity contribution is -0.0440. The van der Waals surface area contributed by atoms with Crippen molar-refractivity contribution >= 4 is 11.8 Å². The van der Waals surface area contributed by atoms with Crippen LogP contribution in [0.3, 0.4) is 0 Å². The number of aryl methyl sites for hydroxylation is 1. The second kappa shape index (κ2) is 7.75. The summed E-state index contributed by atoms with van der Waals surface area (Å²) in [5.41, 5.74) is 3.97. The molecular weight excluding hydrogens is 372 g/mol. The van der Waals surface area contributed by atoms with Crippen molar-refractivity contribution in [2.24, 2.45) is 28.6 Å². The van der Waals surface area contributed by atoms with Gasteiger partial charge in [-0.2, -0.15) is 0 Å². The Morgan fingerprint density at radius 2 is 1.86 bits per heavy atom. The van der Waals surface area contributed by atoms with Gasteiger partial charge < -0.3 is 5.11 Å². The van der Waals surface area contributed by atoms with Gasteiger partial charge in [0, 0.05) is 4.90 Å². The summed E-state index contributed by atoms with van der Waals surface area (Å²) in [6.07, 6.45) is 15.7. The first-order valence-electron chi connectivity index (χ1n) is 12.1. The van der Waals surface area contributed by atoms with Gasteiger partial charge in [0.1, 0.15) is 0 Å². The maximum atomic E-state index is 10.2. The van der Waals surface area contributed by atoms with Crippen molar-refractivity contribution < 1.29 is 5.11 Å². The second-order valence-corrected chi connectivity index (χ2v) is 12.0. The molecule has 5 rings (SSSR count). The van der Waals surface area contributed by atoms with E-state index in [1.807, 2.05) is 0 Å². The molecule has 29 heavy (non-hydrogen) atoms. The van der Waals surface area contributed by atoms with Crippen molar-refractivity contribution in [2.45, 2.75) is 89.1 Å². The zero-order valence-corrected chi connectivity index (χ0v) is 19.1. The summed E-state index contributed by atoms with van der Waals surface area (Å²) < 4.78 is 0. The van der Waals surface area contributed by atoms with Gasteiger partial charge in [-0.25, -0.2) is 0 Å². The third-order valence-corrected chi connectivity index (χ3v) is 10.5. The molecule has 0 saturated heterocycles. The van der Waals surface area contributed by atoms with Crippen LogP contribution in [0.5, 0.6) is 0 Å². The Kier molecular flexibility index (Phi) is 5.40. The van der Waals surface area contributed by atoms with Gasteiger partial charge in [0.2, 0.25) is 0 Å². The monoisotopic (exact) mass is 410 g/mol. The molecule has 0 heterocycles. The highest BCUT2D eigenvalue weighted by Crippen LogP contribution is 2.66. The molecule has 0 amide bonds. The number of allylic oxidation sites excluding steroid dienone is 1. The van der Waals surface area contributed by atoms with Crippen LogP contribution in [0.2, 0.25) is 0 Å². The minimum Gasteiger partial charge on any atom is -0.393 e. The summed E-state index contributed by atoms with van der Waals surface area (Å²) in [5, 5.41) is 10.2. The topological polar surface area (TPSA) is 20.2 Å². The zero-order valence-electron chi connectivity index (χ0n) is 18.3. The fraction of sp³-hybridized carbons (Fsp3) is 0.704. The van der Waals surface area contributed by atoms with E-state index in [1.54, 1.807) is 5.57 Å². The smallest absolute Gasteiger partial charge is 0.0577 e. The summed E-state index contributed by atoms with van der Waals surface area (Å²) in [6.45, 7) is 4.73. The third-order valence-electron chi connectivity index (χ3n) is 9.49. The molecule has 0 radical (unpaired) electrons. The molecule has 3 fully saturated rings. The van der Waals surface area contributed by atoms with Crippen molar-refractivity contribution in [3.63, 3.8) is 0 Å². The Labute approximate surface area is 181 Å². The van der Waals surface area contributed by atoms with E-state index in [1.165, 1.54) is 67.6 Å². The first kappa shape index (κ1) is 20.2. The van der Waals surface area contributed by atoms with Crippen LogP contribution < -0.4 is 0 Å². The van der Waals surface area contributed by atoms with Crippen LogP contribution in [0.25, 0.3) is 0 Å². The number of thioether (sulfide) groups is 1. The van der Waals surface area contributed by atoms with Crippen molar-refractivity contribution in [3.8, 4) is 0 Å². The molecule has 1 nitrogen and oxygen atoms in total. The Morgan fingerprint density at radius 3 is 2.69 bits per heavy atom. The van der Waals surface area contributed by atoms with Crippen LogP contribution >= 0.6 is 11.8 Å². The Balaban J connectivity index is 1.30. The average Bonchev–Trinajstić information content (AvgIpc) is 3.14. The summed E-state index contributed by atoms with van der Waals surface area (Å²) in [4.78, 5) is 1.44. The summed E-state index contributed by atoms with van der Waals surface area (Å²) >= 11 is 2.07. The van der Waals surface area contributed by atoms with E-state index < -0.39 is 0 Å². The summed E-state index contributed by atoms with van der Waals surface area (Å²) in [7, 11) is 0. The second-order valence-electron chi connectivity index (χ2n) is 10.9. The van der Waals surface area contributed by atoms with Crippen LogP contribution in [0.4, 0.5) is 0 Å². The maximum Gasteiger partial charge on any atom is 0.0577 e. The number of fused-ring (bicyclic) bond motifs is 5. The van der Waals surface area contributed by atoms with Gasteiger partial charge in [-0.15, -0.1) is 11.8 Å². The van der Waals surface area contributed by atoms with Crippen LogP contribution in [-0.2, 0) is 0 Å². The number of benzene rings is 1. The van der Waals surface area contributed by atoms with Crippen molar-refractivity contribution in [3.05, 3.63) is 41.5 Å². The number of aliphatic hydroxyl groups excluding tert-OH is 1. The van der Waals surface area contributed by atoms with Crippen LogP contribution in [0.1, 0.15) is 76.7 Å². The normalized spacial score (nSPS) is 41.3. The van der Waals surface area contributed by atoms with E-state index in [9.17, 15) is 5.11 Å². The maximum absolute atomic E-state index is 10.2. The van der Waals surface area contributed by atoms with E-state index in [0.717, 1.165) is 30.6 Å². The average molecular weight is 411 g/mol. The number of hydrogen-bond acceptors (Lipinski definition) is 2. The molecule has 2 heteroatoms. The van der Waals surface area contributed by atoms with E-state index in [-0.39, 0.29) is 6.10 Å². The largest absolute Gasteiger partial charge is 0.393 e. The molecule has 6 atom stereocenters. The SMILES string of the molecule is Cc1ccc(SCC[C@@]23CCC[C@H]2[C@@H]2CC=C4C[C@@H](O)CC[C@]4(C)[C@H]2CC3)cc1. The molecule has 0 unspecified atom stereocenters. The predicted octanol–water partition coefficient (Wildman–Crippen LogP) is 7.17. The van der Waals surface area contributed by atoms with Crippen molar-refractivity contribution in [1.29, 1.82) is 0 Å². The van der Waals surface area contributed by atoms with Gasteiger partial charge in [-0.1, -0.05) is 42.7 Å². The molecule has 0 bridgehead atoms. The van der Waals surface area contributed by atoms with Gasteiger partial charge in [0.25, 0.3) is 0 Å². The molecule has 1 aromatic rings. The van der Waals surface area contributed by atoms with E-state index >= 15 is 0 Å². The highest BCUT2D eigenvalue weighted by atomic mass is 32.2. The fourth-order valence-corrected chi connectivity index (χ4v) is 8.95. The van der Waals surface area contributed by atoms with Crippen molar-refractivity contribution in [1.82, 2.24) is 0 Å². The first-order chi connectivity index (χ1) is 14.0. The number of hydrogen-bond donors (Lipinski definition) is 1. The number of rotatable bonds is 4.